The van der Waals surface area contributed by atoms with Crippen molar-refractivity contribution in [3.63, 3.8) is 0 Å². The van der Waals surface area contributed by atoms with Crippen LogP contribution in [0.3, 0.4) is 0 Å². The van der Waals surface area contributed by atoms with E-state index in [4.69, 9.17) is 4.52 Å². The molecule has 1 amide bonds. The molecule has 184 valence electrons. The number of amides is 1. The third-order valence-corrected chi connectivity index (χ3v) is 5.44. The van der Waals surface area contributed by atoms with Gasteiger partial charge >= 0.3 is 0 Å². The first kappa shape index (κ1) is 28.7. The van der Waals surface area contributed by atoms with Gasteiger partial charge in [0, 0.05) is 51.9 Å². The van der Waals surface area contributed by atoms with Gasteiger partial charge in [0.1, 0.15) is 6.54 Å². The van der Waals surface area contributed by atoms with Gasteiger partial charge in [0.2, 0.25) is 5.91 Å². The van der Waals surface area contributed by atoms with Crippen molar-refractivity contribution in [3.8, 4) is 0 Å². The van der Waals surface area contributed by atoms with Gasteiger partial charge in [-0.15, -0.1) is 24.0 Å². The predicted octanol–water partition coefficient (Wildman–Crippen LogP) is 3.85. The lowest BCUT2D eigenvalue weighted by Gasteiger charge is -2.19. The minimum absolute atomic E-state index is 0. The second-order valence-corrected chi connectivity index (χ2v) is 8.08. The number of benzene rings is 1. The topological polar surface area (TPSA) is 86.0 Å². The predicted molar refractivity (Wildman–Crippen MR) is 145 cm³/mol. The van der Waals surface area contributed by atoms with Crippen LogP contribution < -0.4 is 15.5 Å². The van der Waals surface area contributed by atoms with Gasteiger partial charge in [-0.3, -0.25) is 4.79 Å². The highest BCUT2D eigenvalue weighted by Crippen LogP contribution is 2.22. The maximum Gasteiger partial charge on any atom is 0.243 e. The average molecular weight is 571 g/mol. The molecule has 0 spiro atoms. The average Bonchev–Trinajstić information content (AvgIpc) is 3.27. The number of anilines is 1. The number of carbonyl (C=O) groups is 1. The van der Waals surface area contributed by atoms with Crippen LogP contribution in [-0.4, -0.2) is 62.7 Å². The molecule has 0 bridgehead atoms. The van der Waals surface area contributed by atoms with Gasteiger partial charge in [-0.2, -0.15) is 0 Å². The zero-order chi connectivity index (χ0) is 23.3. The molecule has 0 saturated carbocycles. The van der Waals surface area contributed by atoms with E-state index in [-0.39, 0.29) is 36.4 Å². The summed E-state index contributed by atoms with van der Waals surface area (Å²) in [4.78, 5) is 20.2. The van der Waals surface area contributed by atoms with Gasteiger partial charge in [0.25, 0.3) is 0 Å². The Kier molecular flexibility index (Phi) is 13.5. The van der Waals surface area contributed by atoms with Crippen LogP contribution in [0.25, 0.3) is 0 Å². The van der Waals surface area contributed by atoms with E-state index in [2.05, 4.69) is 58.7 Å². The third-order valence-electron chi connectivity index (χ3n) is 5.44. The Morgan fingerprint density at radius 1 is 1.12 bits per heavy atom. The molecule has 0 fully saturated rings. The standard InChI is InChI=1S/C24H38N6O2.HI/c1-6-19(7-2)22-16-21(32-28-22)17-26-24(27-18-23(31)29(3)4)25-14-11-15-30(5)20-12-9-8-10-13-20;/h8-10,12-13,16,19H,6-7,11,14-15,17-18H2,1-5H3,(H2,25,26,27);1H. The van der Waals surface area contributed by atoms with Crippen LogP contribution in [0.4, 0.5) is 5.69 Å². The molecule has 33 heavy (non-hydrogen) atoms. The molecule has 9 heteroatoms. The van der Waals surface area contributed by atoms with Crippen molar-refractivity contribution >= 4 is 41.5 Å². The van der Waals surface area contributed by atoms with E-state index in [1.54, 1.807) is 14.1 Å². The summed E-state index contributed by atoms with van der Waals surface area (Å²) in [6.45, 7) is 6.50. The fraction of sp³-hybridized carbons (Fsp3) is 0.542. The summed E-state index contributed by atoms with van der Waals surface area (Å²) in [6, 6.07) is 12.3. The quantitative estimate of drug-likeness (QED) is 0.175. The molecular formula is C24H39IN6O2. The van der Waals surface area contributed by atoms with Gasteiger partial charge in [0.15, 0.2) is 11.7 Å². The summed E-state index contributed by atoms with van der Waals surface area (Å²) in [5.74, 6) is 1.70. The number of guanidine groups is 1. The molecule has 8 nitrogen and oxygen atoms in total. The number of nitrogens with zero attached hydrogens (tertiary/aromatic N) is 4. The zero-order valence-electron chi connectivity index (χ0n) is 20.5. The van der Waals surface area contributed by atoms with E-state index in [1.807, 2.05) is 24.3 Å². The molecule has 2 rings (SSSR count). The summed E-state index contributed by atoms with van der Waals surface area (Å²) >= 11 is 0. The third kappa shape index (κ3) is 10.0. The number of para-hydroxylation sites is 1. The molecule has 0 aliphatic heterocycles. The Morgan fingerprint density at radius 2 is 1.82 bits per heavy atom. The zero-order valence-corrected chi connectivity index (χ0v) is 22.8. The van der Waals surface area contributed by atoms with Crippen LogP contribution in [0.5, 0.6) is 0 Å². The maximum atomic E-state index is 12.0. The highest BCUT2D eigenvalue weighted by Gasteiger charge is 2.13. The minimum atomic E-state index is -0.0504. The molecule has 1 aromatic carbocycles. The molecule has 0 atom stereocenters. The van der Waals surface area contributed by atoms with Crippen LogP contribution in [0.15, 0.2) is 45.9 Å². The molecule has 1 heterocycles. The molecule has 0 aliphatic rings. The number of aromatic nitrogens is 1. The van der Waals surface area contributed by atoms with Crippen molar-refractivity contribution in [2.24, 2.45) is 4.99 Å². The Balaban J connectivity index is 0.00000544. The number of aliphatic imine (C=N–C) groups is 1. The first-order valence-corrected chi connectivity index (χ1v) is 11.4. The molecule has 1 aromatic heterocycles. The minimum Gasteiger partial charge on any atom is -0.375 e. The second-order valence-electron chi connectivity index (χ2n) is 8.08. The molecule has 0 aliphatic carbocycles. The molecule has 0 unspecified atom stereocenters. The van der Waals surface area contributed by atoms with Crippen molar-refractivity contribution in [1.82, 2.24) is 20.7 Å². The van der Waals surface area contributed by atoms with Crippen LogP contribution >= 0.6 is 24.0 Å². The number of hydrogen-bond donors (Lipinski definition) is 2. The fourth-order valence-corrected chi connectivity index (χ4v) is 3.28. The monoisotopic (exact) mass is 570 g/mol. The lowest BCUT2D eigenvalue weighted by atomic mass is 9.99. The smallest absolute Gasteiger partial charge is 0.243 e. The van der Waals surface area contributed by atoms with E-state index in [0.29, 0.717) is 18.4 Å². The van der Waals surface area contributed by atoms with Crippen molar-refractivity contribution in [2.45, 2.75) is 45.6 Å². The van der Waals surface area contributed by atoms with E-state index >= 15 is 0 Å². The normalized spacial score (nSPS) is 11.2. The fourth-order valence-electron chi connectivity index (χ4n) is 3.28. The first-order chi connectivity index (χ1) is 15.4. The summed E-state index contributed by atoms with van der Waals surface area (Å²) in [7, 11) is 5.54. The SMILES string of the molecule is CCC(CC)c1cc(CNC(=NCC(=O)N(C)C)NCCCN(C)c2ccccc2)on1.I. The molecular weight excluding hydrogens is 531 g/mol. The Hall–Kier alpha value is -2.30. The largest absolute Gasteiger partial charge is 0.375 e. The Labute approximate surface area is 215 Å². The van der Waals surface area contributed by atoms with Crippen LogP contribution in [0.2, 0.25) is 0 Å². The van der Waals surface area contributed by atoms with E-state index < -0.39 is 0 Å². The van der Waals surface area contributed by atoms with E-state index in [9.17, 15) is 4.79 Å². The highest BCUT2D eigenvalue weighted by molar-refractivity contribution is 14.0. The molecule has 2 N–H and O–H groups in total. The van der Waals surface area contributed by atoms with Gasteiger partial charge in [-0.25, -0.2) is 4.99 Å². The van der Waals surface area contributed by atoms with Crippen molar-refractivity contribution in [1.29, 1.82) is 0 Å². The number of carbonyl (C=O) groups excluding carboxylic acids is 1. The van der Waals surface area contributed by atoms with Gasteiger partial charge < -0.3 is 25.0 Å². The van der Waals surface area contributed by atoms with E-state index in [0.717, 1.165) is 43.8 Å². The maximum absolute atomic E-state index is 12.0. The molecule has 0 saturated heterocycles. The second kappa shape index (κ2) is 15.5. The molecule has 2 aromatic rings. The van der Waals surface area contributed by atoms with Crippen molar-refractivity contribution < 1.29 is 9.32 Å². The lowest BCUT2D eigenvalue weighted by Crippen LogP contribution is -2.39. The van der Waals surface area contributed by atoms with Crippen LogP contribution in [0, 0.1) is 0 Å². The van der Waals surface area contributed by atoms with Crippen molar-refractivity contribution in [2.75, 3.05) is 45.7 Å². The van der Waals surface area contributed by atoms with Crippen molar-refractivity contribution in [3.05, 3.63) is 47.9 Å². The summed E-state index contributed by atoms with van der Waals surface area (Å²) < 4.78 is 5.49. The Morgan fingerprint density at radius 3 is 2.45 bits per heavy atom. The van der Waals surface area contributed by atoms with Crippen LogP contribution in [0.1, 0.15) is 50.5 Å². The van der Waals surface area contributed by atoms with Gasteiger partial charge in [0.05, 0.1) is 12.2 Å². The number of halogens is 1. The summed E-state index contributed by atoms with van der Waals surface area (Å²) in [5.41, 5.74) is 2.18. The number of nitrogens with one attached hydrogen (secondary N) is 2. The molecule has 0 radical (unpaired) electrons. The summed E-state index contributed by atoms with van der Waals surface area (Å²) in [6.07, 6.45) is 3.00. The van der Waals surface area contributed by atoms with Gasteiger partial charge in [-0.1, -0.05) is 37.2 Å². The lowest BCUT2D eigenvalue weighted by molar-refractivity contribution is -0.127. The summed E-state index contributed by atoms with van der Waals surface area (Å²) in [5, 5.41) is 10.8. The number of rotatable bonds is 12. The van der Waals surface area contributed by atoms with Gasteiger partial charge in [-0.05, 0) is 31.4 Å². The van der Waals surface area contributed by atoms with E-state index in [1.165, 1.54) is 10.6 Å². The first-order valence-electron chi connectivity index (χ1n) is 11.4. The Bertz CT molecular complexity index is 836. The number of hydrogen-bond acceptors (Lipinski definition) is 5. The number of likely N-dealkylation sites (N-methyl/N-ethyl adjacent to an activating group) is 1. The highest BCUT2D eigenvalue weighted by atomic mass is 127. The van der Waals surface area contributed by atoms with Crippen LogP contribution in [-0.2, 0) is 11.3 Å².